The zero-order valence-electron chi connectivity index (χ0n) is 3.83. The third-order valence-electron chi connectivity index (χ3n) is 0.622. The molecule has 1 aromatic heterocycles. The van der Waals surface area contributed by atoms with Crippen molar-refractivity contribution < 1.29 is 5.11 Å². The van der Waals surface area contributed by atoms with Crippen LogP contribution in [-0.2, 0) is 0 Å². The van der Waals surface area contributed by atoms with Crippen molar-refractivity contribution in [2.45, 2.75) is 0 Å². The van der Waals surface area contributed by atoms with Crippen LogP contribution in [0.2, 0.25) is 0 Å². The Bertz CT molecular complexity index is 230. The van der Waals surface area contributed by atoms with E-state index in [9.17, 15) is 4.79 Å². The Balaban J connectivity index is 3.35. The molecule has 0 amide bonds. The summed E-state index contributed by atoms with van der Waals surface area (Å²) in [5.74, 6) is -0.417. The van der Waals surface area contributed by atoms with E-state index in [0.717, 1.165) is 6.20 Å². The van der Waals surface area contributed by atoms with Gasteiger partial charge in [-0.1, -0.05) is 5.21 Å². The molecular weight excluding hydrogens is 110 g/mol. The fourth-order valence-corrected chi connectivity index (χ4v) is 0.274. The van der Waals surface area contributed by atoms with Gasteiger partial charge in [-0.15, -0.1) is 5.10 Å². The summed E-state index contributed by atoms with van der Waals surface area (Å²) in [6, 6.07) is 0. The van der Waals surface area contributed by atoms with Crippen LogP contribution < -0.4 is 5.56 Å². The van der Waals surface area contributed by atoms with Crippen molar-refractivity contribution in [1.82, 2.24) is 15.4 Å². The molecule has 0 atom stereocenters. The minimum absolute atomic E-state index is 0.417. The van der Waals surface area contributed by atoms with Crippen LogP contribution in [0.3, 0.4) is 0 Å². The Hall–Kier alpha value is -1.39. The van der Waals surface area contributed by atoms with Crippen molar-refractivity contribution in [3.8, 4) is 5.75 Å². The zero-order chi connectivity index (χ0) is 5.98. The number of nitrogens with one attached hydrogen (secondary N) is 1. The maximum absolute atomic E-state index is 10.2. The van der Waals surface area contributed by atoms with E-state index in [1.54, 1.807) is 0 Å². The summed E-state index contributed by atoms with van der Waals surface area (Å²) in [6.07, 6.45) is 0.971. The molecule has 0 unspecified atom stereocenters. The number of hydrogen-bond acceptors (Lipinski definition) is 4. The monoisotopic (exact) mass is 113 g/mol. The predicted molar refractivity (Wildman–Crippen MR) is 24.3 cm³/mol. The molecule has 0 aliphatic carbocycles. The Labute approximate surface area is 44.0 Å². The van der Waals surface area contributed by atoms with Crippen molar-refractivity contribution in [1.29, 1.82) is 0 Å². The van der Waals surface area contributed by atoms with Gasteiger partial charge in [0.25, 0.3) is 0 Å². The first-order valence-corrected chi connectivity index (χ1v) is 1.90. The van der Waals surface area contributed by atoms with Gasteiger partial charge in [0.15, 0.2) is 0 Å². The fourth-order valence-electron chi connectivity index (χ4n) is 0.274. The molecule has 5 heteroatoms. The van der Waals surface area contributed by atoms with Crippen molar-refractivity contribution in [3.63, 3.8) is 0 Å². The first-order valence-electron chi connectivity index (χ1n) is 1.90. The highest BCUT2D eigenvalue weighted by atomic mass is 16.3. The lowest BCUT2D eigenvalue weighted by Gasteiger charge is -1.81. The van der Waals surface area contributed by atoms with Crippen LogP contribution in [0.4, 0.5) is 0 Å². The van der Waals surface area contributed by atoms with Crippen LogP contribution in [-0.4, -0.2) is 20.5 Å². The summed E-state index contributed by atoms with van der Waals surface area (Å²) in [6.45, 7) is 0. The molecule has 0 fully saturated rings. The second-order valence-electron chi connectivity index (χ2n) is 1.17. The number of hydrogen-bond donors (Lipinski definition) is 2. The number of aromatic amines is 1. The molecule has 0 radical (unpaired) electrons. The topological polar surface area (TPSA) is 78.9 Å². The first-order chi connectivity index (χ1) is 3.80. The molecule has 0 aliphatic rings. The molecular formula is C3H3N3O2. The summed E-state index contributed by atoms with van der Waals surface area (Å²) in [4.78, 5) is 10.2. The molecule has 8 heavy (non-hydrogen) atoms. The highest BCUT2D eigenvalue weighted by Gasteiger charge is 1.89. The Morgan fingerprint density at radius 2 is 2.50 bits per heavy atom. The maximum atomic E-state index is 10.2. The predicted octanol–water partition coefficient (Wildman–Crippen LogP) is -1.13. The molecule has 1 aromatic rings. The number of rotatable bonds is 0. The van der Waals surface area contributed by atoms with Gasteiger partial charge in [0.1, 0.15) is 0 Å². The fraction of sp³-hybridized carbons (Fsp3) is 0. The van der Waals surface area contributed by atoms with E-state index in [4.69, 9.17) is 5.11 Å². The van der Waals surface area contributed by atoms with Gasteiger partial charge in [0.05, 0.1) is 6.20 Å². The van der Waals surface area contributed by atoms with Crippen molar-refractivity contribution in [3.05, 3.63) is 16.6 Å². The quantitative estimate of drug-likeness (QED) is 0.446. The smallest absolute Gasteiger partial charge is 0.309 e. The Morgan fingerprint density at radius 1 is 1.75 bits per heavy atom. The van der Waals surface area contributed by atoms with Crippen LogP contribution in [0, 0.1) is 0 Å². The maximum Gasteiger partial charge on any atom is 0.309 e. The molecule has 1 heterocycles. The van der Waals surface area contributed by atoms with Gasteiger partial charge in [-0.25, -0.2) is 5.10 Å². The largest absolute Gasteiger partial charge is 0.502 e. The standard InChI is InChI=1S/C3H3N3O2/c7-2-1-4-6-5-3(2)8/h1H,(H,6,7)(H,4,5,8). The van der Waals surface area contributed by atoms with Crippen molar-refractivity contribution in [2.75, 3.05) is 0 Å². The minimum Gasteiger partial charge on any atom is -0.502 e. The van der Waals surface area contributed by atoms with Crippen LogP contribution in [0.15, 0.2) is 11.0 Å². The first kappa shape index (κ1) is 4.76. The van der Waals surface area contributed by atoms with Crippen LogP contribution >= 0.6 is 0 Å². The minimum atomic E-state index is -0.625. The third kappa shape index (κ3) is 0.651. The van der Waals surface area contributed by atoms with Crippen molar-refractivity contribution in [2.24, 2.45) is 0 Å². The van der Waals surface area contributed by atoms with E-state index in [1.165, 1.54) is 0 Å². The molecule has 0 bridgehead atoms. The summed E-state index contributed by atoms with van der Waals surface area (Å²) in [5.41, 5.74) is -0.625. The lowest BCUT2D eigenvalue weighted by atomic mass is 10.6. The lowest BCUT2D eigenvalue weighted by Crippen LogP contribution is -2.06. The summed E-state index contributed by atoms with van der Waals surface area (Å²) in [5, 5.41) is 16.7. The second kappa shape index (κ2) is 1.61. The van der Waals surface area contributed by atoms with Crippen LogP contribution in [0.25, 0.3) is 0 Å². The number of aromatic hydroxyl groups is 1. The highest BCUT2D eigenvalue weighted by Crippen LogP contribution is 1.87. The van der Waals surface area contributed by atoms with E-state index in [0.29, 0.717) is 0 Å². The number of H-pyrrole nitrogens is 1. The molecule has 42 valence electrons. The van der Waals surface area contributed by atoms with E-state index in [1.807, 2.05) is 5.10 Å². The van der Waals surface area contributed by atoms with E-state index >= 15 is 0 Å². The van der Waals surface area contributed by atoms with Gasteiger partial charge in [-0.05, 0) is 0 Å². The summed E-state index contributed by atoms with van der Waals surface area (Å²) >= 11 is 0. The average molecular weight is 113 g/mol. The summed E-state index contributed by atoms with van der Waals surface area (Å²) < 4.78 is 0. The van der Waals surface area contributed by atoms with Gasteiger partial charge < -0.3 is 5.11 Å². The average Bonchev–Trinajstić information content (AvgIpc) is 1.77. The molecule has 0 aliphatic heterocycles. The van der Waals surface area contributed by atoms with E-state index in [-0.39, 0.29) is 0 Å². The van der Waals surface area contributed by atoms with Gasteiger partial charge in [0.2, 0.25) is 5.75 Å². The van der Waals surface area contributed by atoms with Gasteiger partial charge in [0, 0.05) is 0 Å². The van der Waals surface area contributed by atoms with Gasteiger partial charge in [-0.2, -0.15) is 0 Å². The summed E-state index contributed by atoms with van der Waals surface area (Å²) in [7, 11) is 0. The van der Waals surface area contributed by atoms with Crippen LogP contribution in [0.1, 0.15) is 0 Å². The number of nitrogens with zero attached hydrogens (tertiary/aromatic N) is 2. The zero-order valence-corrected chi connectivity index (χ0v) is 3.83. The molecule has 0 aromatic carbocycles. The normalized spacial score (nSPS) is 9.00. The van der Waals surface area contributed by atoms with E-state index in [2.05, 4.69) is 10.3 Å². The molecule has 1 rings (SSSR count). The molecule has 0 spiro atoms. The molecule has 0 saturated carbocycles. The Kier molecular flexibility index (Phi) is 0.957. The highest BCUT2D eigenvalue weighted by molar-refractivity contribution is 5.05. The van der Waals surface area contributed by atoms with E-state index < -0.39 is 11.3 Å². The third-order valence-corrected chi connectivity index (χ3v) is 0.622. The Morgan fingerprint density at radius 3 is 2.88 bits per heavy atom. The van der Waals surface area contributed by atoms with Crippen molar-refractivity contribution >= 4 is 0 Å². The molecule has 0 saturated heterocycles. The second-order valence-corrected chi connectivity index (χ2v) is 1.17. The van der Waals surface area contributed by atoms with Gasteiger partial charge >= 0.3 is 5.56 Å². The van der Waals surface area contributed by atoms with Gasteiger partial charge in [-0.3, -0.25) is 4.79 Å². The lowest BCUT2D eigenvalue weighted by molar-refractivity contribution is 0.458. The molecule has 5 nitrogen and oxygen atoms in total. The number of aromatic nitrogens is 3. The van der Waals surface area contributed by atoms with Crippen LogP contribution in [0.5, 0.6) is 5.75 Å². The SMILES string of the molecule is O=c1[nH]nncc1O. The molecule has 2 N–H and O–H groups in total.